The zero-order valence-corrected chi connectivity index (χ0v) is 11.7. The molecule has 1 N–H and O–H groups in total. The summed E-state index contributed by atoms with van der Waals surface area (Å²) in [5.41, 5.74) is 1.45. The summed E-state index contributed by atoms with van der Waals surface area (Å²) in [7, 11) is 0. The molecule has 0 spiro atoms. The molecule has 1 rings (SSSR count). The molecule has 1 aromatic carbocycles. The molecule has 0 aromatic heterocycles. The van der Waals surface area contributed by atoms with Crippen molar-refractivity contribution in [3.8, 4) is 0 Å². The van der Waals surface area contributed by atoms with E-state index in [1.165, 1.54) is 37.7 Å². The van der Waals surface area contributed by atoms with E-state index < -0.39 is 0 Å². The lowest BCUT2D eigenvalue weighted by molar-refractivity contribution is 0.443. The predicted molar refractivity (Wildman–Crippen MR) is 80.9 cm³/mol. The molecule has 0 saturated carbocycles. The molecule has 1 nitrogen and oxygen atoms in total. The Balaban J connectivity index is 2.32. The highest BCUT2D eigenvalue weighted by molar-refractivity contribution is 5.14. The molecule has 0 aliphatic heterocycles. The maximum absolute atomic E-state index is 3.79. The number of benzene rings is 1. The molecule has 1 unspecified atom stereocenters. The van der Waals surface area contributed by atoms with Gasteiger partial charge in [0.15, 0.2) is 0 Å². The van der Waals surface area contributed by atoms with Crippen LogP contribution in [0.5, 0.6) is 0 Å². The molecule has 0 fully saturated rings. The first kappa shape index (κ1) is 15.0. The summed E-state index contributed by atoms with van der Waals surface area (Å²) >= 11 is 0. The third-order valence-corrected chi connectivity index (χ3v) is 3.27. The van der Waals surface area contributed by atoms with Gasteiger partial charge >= 0.3 is 0 Å². The van der Waals surface area contributed by atoms with Crippen molar-refractivity contribution in [3.63, 3.8) is 0 Å². The van der Waals surface area contributed by atoms with Crippen LogP contribution in [-0.4, -0.2) is 12.6 Å². The van der Waals surface area contributed by atoms with Crippen molar-refractivity contribution in [2.24, 2.45) is 0 Å². The zero-order chi connectivity index (χ0) is 13.1. The van der Waals surface area contributed by atoms with Crippen LogP contribution in [0.2, 0.25) is 0 Å². The van der Waals surface area contributed by atoms with Crippen molar-refractivity contribution in [3.05, 3.63) is 48.6 Å². The fraction of sp³-hybridized carbons (Fsp3) is 0.529. The highest BCUT2D eigenvalue weighted by Crippen LogP contribution is 2.10. The molecule has 0 heterocycles. The summed E-state index contributed by atoms with van der Waals surface area (Å²) in [6.45, 7) is 7.15. The van der Waals surface area contributed by atoms with Crippen molar-refractivity contribution in [2.75, 3.05) is 6.54 Å². The summed E-state index contributed by atoms with van der Waals surface area (Å²) in [6.07, 6.45) is 9.29. The normalized spacial score (nSPS) is 12.3. The maximum atomic E-state index is 3.79. The topological polar surface area (TPSA) is 12.0 Å². The first-order valence-electron chi connectivity index (χ1n) is 7.25. The number of allylic oxidation sites excluding steroid dienone is 1. The summed E-state index contributed by atoms with van der Waals surface area (Å²) < 4.78 is 0. The van der Waals surface area contributed by atoms with E-state index >= 15 is 0 Å². The van der Waals surface area contributed by atoms with Crippen LogP contribution in [-0.2, 0) is 6.42 Å². The van der Waals surface area contributed by atoms with Crippen LogP contribution in [0.4, 0.5) is 0 Å². The van der Waals surface area contributed by atoms with Crippen LogP contribution in [0.1, 0.15) is 44.6 Å². The van der Waals surface area contributed by atoms with Gasteiger partial charge in [-0.2, -0.15) is 0 Å². The highest BCUT2D eigenvalue weighted by Gasteiger charge is 2.07. The maximum Gasteiger partial charge on any atom is 0.00703 e. The smallest absolute Gasteiger partial charge is 0.00703 e. The molecule has 0 radical (unpaired) electrons. The van der Waals surface area contributed by atoms with Crippen LogP contribution in [0.15, 0.2) is 43.0 Å². The number of hydrogen-bond acceptors (Lipinski definition) is 1. The van der Waals surface area contributed by atoms with E-state index in [0.29, 0.717) is 6.04 Å². The van der Waals surface area contributed by atoms with Gasteiger partial charge in [0.2, 0.25) is 0 Å². The first-order chi connectivity index (χ1) is 8.86. The second-order valence-corrected chi connectivity index (χ2v) is 4.89. The largest absolute Gasteiger partial charge is 0.314 e. The van der Waals surface area contributed by atoms with Gasteiger partial charge in [0.25, 0.3) is 0 Å². The molecular weight excluding hydrogens is 218 g/mol. The minimum Gasteiger partial charge on any atom is -0.314 e. The van der Waals surface area contributed by atoms with Gasteiger partial charge in [0.1, 0.15) is 0 Å². The summed E-state index contributed by atoms with van der Waals surface area (Å²) in [4.78, 5) is 0. The zero-order valence-electron chi connectivity index (χ0n) is 11.7. The Morgan fingerprint density at radius 3 is 2.67 bits per heavy atom. The third kappa shape index (κ3) is 6.61. The minimum atomic E-state index is 0.658. The Labute approximate surface area is 112 Å². The van der Waals surface area contributed by atoms with E-state index in [9.17, 15) is 0 Å². The molecule has 0 aliphatic rings. The second kappa shape index (κ2) is 9.90. The Hall–Kier alpha value is -1.08. The fourth-order valence-electron chi connectivity index (χ4n) is 2.19. The van der Waals surface area contributed by atoms with E-state index in [2.05, 4.69) is 49.2 Å². The average molecular weight is 245 g/mol. The first-order valence-corrected chi connectivity index (χ1v) is 7.25. The lowest BCUT2D eigenvalue weighted by Gasteiger charge is -2.18. The van der Waals surface area contributed by atoms with E-state index in [1.54, 1.807) is 0 Å². The predicted octanol–water partition coefficient (Wildman–Crippen LogP) is 4.34. The van der Waals surface area contributed by atoms with Crippen LogP contribution >= 0.6 is 0 Å². The molecule has 100 valence electrons. The molecule has 18 heavy (non-hydrogen) atoms. The lowest BCUT2D eigenvalue weighted by atomic mass is 10.0. The van der Waals surface area contributed by atoms with Gasteiger partial charge in [-0.1, -0.05) is 43.3 Å². The Bertz CT molecular complexity index is 305. The van der Waals surface area contributed by atoms with Gasteiger partial charge in [-0.3, -0.25) is 0 Å². The van der Waals surface area contributed by atoms with Gasteiger partial charge in [0, 0.05) is 6.04 Å². The van der Waals surface area contributed by atoms with Gasteiger partial charge in [-0.05, 0) is 50.6 Å². The van der Waals surface area contributed by atoms with Crippen LogP contribution in [0.25, 0.3) is 0 Å². The van der Waals surface area contributed by atoms with Crippen molar-refractivity contribution in [1.29, 1.82) is 0 Å². The van der Waals surface area contributed by atoms with Gasteiger partial charge in [0.05, 0.1) is 0 Å². The standard InChI is InChI=1S/C17H27N/c1-3-5-7-12-17(18-15-4-2)14-13-16-10-8-6-9-11-16/h3,6,8-11,17-18H,1,4-5,7,12-15H2,2H3. The van der Waals surface area contributed by atoms with Gasteiger partial charge in [-0.15, -0.1) is 6.58 Å². The number of aryl methyl sites for hydroxylation is 1. The lowest BCUT2D eigenvalue weighted by Crippen LogP contribution is -2.30. The van der Waals surface area contributed by atoms with Gasteiger partial charge < -0.3 is 5.32 Å². The van der Waals surface area contributed by atoms with E-state index in [1.807, 2.05) is 6.08 Å². The molecule has 0 aliphatic carbocycles. The van der Waals surface area contributed by atoms with Crippen molar-refractivity contribution in [2.45, 2.75) is 51.5 Å². The average Bonchev–Trinajstić information content (AvgIpc) is 2.42. The molecule has 1 atom stereocenters. The number of rotatable bonds is 10. The van der Waals surface area contributed by atoms with E-state index in [0.717, 1.165) is 13.0 Å². The molecule has 0 saturated heterocycles. The Morgan fingerprint density at radius 1 is 1.22 bits per heavy atom. The van der Waals surface area contributed by atoms with Crippen molar-refractivity contribution >= 4 is 0 Å². The number of unbranched alkanes of at least 4 members (excludes halogenated alkanes) is 1. The molecule has 1 heteroatoms. The SMILES string of the molecule is C=CCCCC(CCc1ccccc1)NCCC. The third-order valence-electron chi connectivity index (χ3n) is 3.27. The molecule has 1 aromatic rings. The molecule has 0 amide bonds. The van der Waals surface area contributed by atoms with E-state index in [-0.39, 0.29) is 0 Å². The Kier molecular flexibility index (Phi) is 8.24. The minimum absolute atomic E-state index is 0.658. The molecule has 0 bridgehead atoms. The number of nitrogens with one attached hydrogen (secondary N) is 1. The highest BCUT2D eigenvalue weighted by atomic mass is 14.9. The summed E-state index contributed by atoms with van der Waals surface area (Å²) in [5.74, 6) is 0. The summed E-state index contributed by atoms with van der Waals surface area (Å²) in [5, 5.41) is 3.66. The fourth-order valence-corrected chi connectivity index (χ4v) is 2.19. The quantitative estimate of drug-likeness (QED) is 0.477. The Morgan fingerprint density at radius 2 is 2.00 bits per heavy atom. The van der Waals surface area contributed by atoms with Crippen LogP contribution in [0, 0.1) is 0 Å². The number of hydrogen-bond donors (Lipinski definition) is 1. The van der Waals surface area contributed by atoms with Crippen LogP contribution < -0.4 is 5.32 Å². The second-order valence-electron chi connectivity index (χ2n) is 4.89. The molecular formula is C17H27N. The summed E-state index contributed by atoms with van der Waals surface area (Å²) in [6, 6.07) is 11.4. The van der Waals surface area contributed by atoms with Crippen molar-refractivity contribution in [1.82, 2.24) is 5.32 Å². The van der Waals surface area contributed by atoms with Crippen molar-refractivity contribution < 1.29 is 0 Å². The van der Waals surface area contributed by atoms with Gasteiger partial charge in [-0.25, -0.2) is 0 Å². The monoisotopic (exact) mass is 245 g/mol. The van der Waals surface area contributed by atoms with E-state index in [4.69, 9.17) is 0 Å². The van der Waals surface area contributed by atoms with Crippen LogP contribution in [0.3, 0.4) is 0 Å².